The lowest BCUT2D eigenvalue weighted by Crippen LogP contribution is -2.19. The molecule has 0 amide bonds. The van der Waals surface area contributed by atoms with Gasteiger partial charge in [0.2, 0.25) is 0 Å². The maximum atomic E-state index is 9.73. The molecule has 1 aromatic carbocycles. The van der Waals surface area contributed by atoms with E-state index in [1.807, 2.05) is 13.0 Å². The Hall–Kier alpha value is -2.14. The van der Waals surface area contributed by atoms with Crippen LogP contribution in [0.25, 0.3) is 0 Å². The Labute approximate surface area is 105 Å². The van der Waals surface area contributed by atoms with E-state index in [4.69, 9.17) is 0 Å². The minimum Gasteiger partial charge on any atom is -0.507 e. The van der Waals surface area contributed by atoms with Crippen molar-refractivity contribution in [2.24, 2.45) is 0 Å². The Morgan fingerprint density at radius 2 is 1.94 bits per heavy atom. The second-order valence-electron chi connectivity index (χ2n) is 4.01. The van der Waals surface area contributed by atoms with Crippen LogP contribution in [0.15, 0.2) is 36.8 Å². The molecule has 0 saturated carbocycles. The lowest BCUT2D eigenvalue weighted by molar-refractivity contribution is 0.418. The molecule has 2 rings (SSSR count). The number of aromatic hydroxyl groups is 2. The normalized spacial score (nSPS) is 12.3. The predicted molar refractivity (Wildman–Crippen MR) is 67.1 cm³/mol. The Kier molecular flexibility index (Phi) is 3.74. The van der Waals surface area contributed by atoms with Crippen molar-refractivity contribution in [1.82, 2.24) is 15.3 Å². The molecule has 0 fully saturated rings. The molecule has 3 N–H and O–H groups in total. The van der Waals surface area contributed by atoms with Gasteiger partial charge in [-0.3, -0.25) is 0 Å². The smallest absolute Gasteiger partial charge is 0.124 e. The van der Waals surface area contributed by atoms with Crippen LogP contribution < -0.4 is 5.32 Å². The first kappa shape index (κ1) is 12.3. The molecule has 1 heterocycles. The van der Waals surface area contributed by atoms with E-state index in [1.54, 1.807) is 24.4 Å². The van der Waals surface area contributed by atoms with Crippen LogP contribution >= 0.6 is 0 Å². The summed E-state index contributed by atoms with van der Waals surface area (Å²) in [7, 11) is 0. The predicted octanol–water partition coefficient (Wildman–Crippen LogP) is 1.74. The summed E-state index contributed by atoms with van der Waals surface area (Å²) in [5, 5.41) is 22.7. The quantitative estimate of drug-likeness (QED) is 0.764. The number of nitrogens with one attached hydrogen (secondary N) is 1. The second kappa shape index (κ2) is 5.46. The molecule has 0 aliphatic carbocycles. The van der Waals surface area contributed by atoms with E-state index in [9.17, 15) is 10.2 Å². The second-order valence-corrected chi connectivity index (χ2v) is 4.01. The highest BCUT2D eigenvalue weighted by molar-refractivity contribution is 5.44. The van der Waals surface area contributed by atoms with Gasteiger partial charge in [0.15, 0.2) is 0 Å². The zero-order valence-corrected chi connectivity index (χ0v) is 10.0. The summed E-state index contributed by atoms with van der Waals surface area (Å²) in [4.78, 5) is 7.93. The molecule has 1 atom stereocenters. The summed E-state index contributed by atoms with van der Waals surface area (Å²) in [6, 6.07) is 6.34. The van der Waals surface area contributed by atoms with Crippen molar-refractivity contribution >= 4 is 0 Å². The van der Waals surface area contributed by atoms with Gasteiger partial charge in [0.1, 0.15) is 17.8 Å². The molecule has 0 aliphatic rings. The van der Waals surface area contributed by atoms with Crippen LogP contribution in [0.2, 0.25) is 0 Å². The fourth-order valence-corrected chi connectivity index (χ4v) is 1.77. The van der Waals surface area contributed by atoms with Gasteiger partial charge < -0.3 is 15.5 Å². The molecule has 0 aliphatic heterocycles. The number of benzene rings is 1. The van der Waals surface area contributed by atoms with Crippen LogP contribution in [-0.2, 0) is 6.54 Å². The van der Waals surface area contributed by atoms with E-state index in [2.05, 4.69) is 15.3 Å². The van der Waals surface area contributed by atoms with Gasteiger partial charge in [0.25, 0.3) is 0 Å². The molecule has 0 saturated heterocycles. The monoisotopic (exact) mass is 245 g/mol. The first-order chi connectivity index (χ1) is 8.68. The van der Waals surface area contributed by atoms with Gasteiger partial charge >= 0.3 is 0 Å². The molecule has 0 spiro atoms. The van der Waals surface area contributed by atoms with Crippen LogP contribution in [0, 0.1) is 0 Å². The van der Waals surface area contributed by atoms with Crippen molar-refractivity contribution in [3.8, 4) is 11.5 Å². The molecule has 0 bridgehead atoms. The van der Waals surface area contributed by atoms with Crippen molar-refractivity contribution in [2.75, 3.05) is 0 Å². The van der Waals surface area contributed by atoms with E-state index < -0.39 is 0 Å². The van der Waals surface area contributed by atoms with Crippen LogP contribution in [0.1, 0.15) is 24.2 Å². The molecule has 1 aromatic heterocycles. The van der Waals surface area contributed by atoms with Crippen molar-refractivity contribution < 1.29 is 10.2 Å². The topological polar surface area (TPSA) is 78.3 Å². The molecule has 94 valence electrons. The van der Waals surface area contributed by atoms with Crippen LogP contribution in [-0.4, -0.2) is 20.2 Å². The Morgan fingerprint density at radius 3 is 2.56 bits per heavy atom. The van der Waals surface area contributed by atoms with Crippen LogP contribution in [0.4, 0.5) is 0 Å². The minimum absolute atomic E-state index is 0.0812. The Morgan fingerprint density at radius 1 is 1.22 bits per heavy atom. The highest BCUT2D eigenvalue weighted by Crippen LogP contribution is 2.32. The molecule has 5 heteroatoms. The number of phenolic OH excluding ortho intramolecular Hbond substituents is 2. The first-order valence-electron chi connectivity index (χ1n) is 5.67. The zero-order chi connectivity index (χ0) is 13.0. The molecule has 5 nitrogen and oxygen atoms in total. The molecule has 2 aromatic rings. The van der Waals surface area contributed by atoms with Gasteiger partial charge in [0.05, 0.1) is 11.3 Å². The van der Waals surface area contributed by atoms with Crippen LogP contribution in [0.3, 0.4) is 0 Å². The largest absolute Gasteiger partial charge is 0.507 e. The van der Waals surface area contributed by atoms with E-state index in [0.717, 1.165) is 5.69 Å². The minimum atomic E-state index is -0.179. The number of hydrogen-bond acceptors (Lipinski definition) is 5. The van der Waals surface area contributed by atoms with Crippen molar-refractivity contribution in [1.29, 1.82) is 0 Å². The van der Waals surface area contributed by atoms with E-state index in [0.29, 0.717) is 12.1 Å². The Balaban J connectivity index is 2.06. The highest BCUT2D eigenvalue weighted by atomic mass is 16.3. The highest BCUT2D eigenvalue weighted by Gasteiger charge is 2.14. The van der Waals surface area contributed by atoms with Crippen molar-refractivity contribution in [3.63, 3.8) is 0 Å². The van der Waals surface area contributed by atoms with Gasteiger partial charge in [-0.25, -0.2) is 9.97 Å². The van der Waals surface area contributed by atoms with Gasteiger partial charge in [-0.2, -0.15) is 0 Å². The summed E-state index contributed by atoms with van der Waals surface area (Å²) < 4.78 is 0. The lowest BCUT2D eigenvalue weighted by Gasteiger charge is -2.16. The third-order valence-electron chi connectivity index (χ3n) is 2.73. The van der Waals surface area contributed by atoms with Gasteiger partial charge in [-0.05, 0) is 25.1 Å². The third-order valence-corrected chi connectivity index (χ3v) is 2.73. The van der Waals surface area contributed by atoms with Gasteiger partial charge in [0, 0.05) is 18.8 Å². The average Bonchev–Trinajstić information content (AvgIpc) is 2.37. The fraction of sp³-hybridized carbons (Fsp3) is 0.231. The summed E-state index contributed by atoms with van der Waals surface area (Å²) in [6.45, 7) is 2.41. The average molecular weight is 245 g/mol. The zero-order valence-electron chi connectivity index (χ0n) is 10.0. The third kappa shape index (κ3) is 2.75. The van der Waals surface area contributed by atoms with Crippen molar-refractivity contribution in [3.05, 3.63) is 48.0 Å². The number of rotatable bonds is 4. The number of aromatic nitrogens is 2. The first-order valence-corrected chi connectivity index (χ1v) is 5.67. The van der Waals surface area contributed by atoms with E-state index >= 15 is 0 Å². The van der Waals surface area contributed by atoms with E-state index in [-0.39, 0.29) is 17.5 Å². The maximum Gasteiger partial charge on any atom is 0.124 e. The number of nitrogens with zero attached hydrogens (tertiary/aromatic N) is 2. The summed E-state index contributed by atoms with van der Waals surface area (Å²) in [5.74, 6) is 0.162. The SMILES string of the molecule is CC(NCc1ccncn1)c1c(O)cccc1O. The summed E-state index contributed by atoms with van der Waals surface area (Å²) >= 11 is 0. The molecular weight excluding hydrogens is 230 g/mol. The van der Waals surface area contributed by atoms with Gasteiger partial charge in [-0.1, -0.05) is 6.07 Å². The fourth-order valence-electron chi connectivity index (χ4n) is 1.77. The summed E-state index contributed by atoms with van der Waals surface area (Å²) in [5.41, 5.74) is 1.35. The molecular formula is C13H15N3O2. The number of phenols is 2. The van der Waals surface area contributed by atoms with Crippen LogP contribution in [0.5, 0.6) is 11.5 Å². The van der Waals surface area contributed by atoms with E-state index in [1.165, 1.54) is 6.33 Å². The van der Waals surface area contributed by atoms with Crippen molar-refractivity contribution in [2.45, 2.75) is 19.5 Å². The molecule has 18 heavy (non-hydrogen) atoms. The molecule has 1 unspecified atom stereocenters. The molecule has 0 radical (unpaired) electrons. The number of hydrogen-bond donors (Lipinski definition) is 3. The maximum absolute atomic E-state index is 9.73. The standard InChI is InChI=1S/C13H15N3O2/c1-9(13-11(17)3-2-4-12(13)18)15-7-10-5-6-14-8-16-10/h2-6,8-9,15,17-18H,7H2,1H3. The summed E-state index contributed by atoms with van der Waals surface area (Å²) in [6.07, 6.45) is 3.16. The lowest BCUT2D eigenvalue weighted by atomic mass is 10.1. The van der Waals surface area contributed by atoms with Gasteiger partial charge in [-0.15, -0.1) is 0 Å². The Bertz CT molecular complexity index is 497.